The van der Waals surface area contributed by atoms with Gasteiger partial charge in [-0.15, -0.1) is 0 Å². The van der Waals surface area contributed by atoms with Crippen molar-refractivity contribution in [2.75, 3.05) is 13.2 Å². The highest BCUT2D eigenvalue weighted by atomic mass is 31.2. The fourth-order valence-corrected chi connectivity index (χ4v) is 4.88. The Balaban J connectivity index is 2.20. The third-order valence-electron chi connectivity index (χ3n) is 7.09. The Morgan fingerprint density at radius 1 is 0.744 bits per heavy atom. The van der Waals surface area contributed by atoms with Crippen molar-refractivity contribution in [3.05, 3.63) is 36.5 Å². The van der Waals surface area contributed by atoms with E-state index in [1.54, 1.807) is 0 Å². The molecule has 0 aromatic carbocycles. The Morgan fingerprint density at radius 3 is 2.05 bits per heavy atom. The summed E-state index contributed by atoms with van der Waals surface area (Å²) < 4.78 is 31.8. The van der Waals surface area contributed by atoms with Gasteiger partial charge < -0.3 is 24.0 Å². The first-order valence-electron chi connectivity index (χ1n) is 16.4. The van der Waals surface area contributed by atoms with E-state index in [1.807, 2.05) is 0 Å². The molecule has 1 heterocycles. The molecule has 0 aromatic heterocycles. The third-order valence-corrected chi connectivity index (χ3v) is 7.57. The lowest BCUT2D eigenvalue weighted by Gasteiger charge is -2.18. The predicted octanol–water partition coefficient (Wildman–Crippen LogP) is 8.05. The summed E-state index contributed by atoms with van der Waals surface area (Å²) in [7, 11) is -4.76. The van der Waals surface area contributed by atoms with E-state index in [-0.39, 0.29) is 31.7 Å². The zero-order valence-electron chi connectivity index (χ0n) is 26.5. The Kier molecular flexibility index (Phi) is 23.3. The molecule has 43 heavy (non-hydrogen) atoms. The Labute approximate surface area is 259 Å². The molecule has 1 saturated heterocycles. The first-order valence-corrected chi connectivity index (χ1v) is 17.9. The number of carbonyl (C=O) groups excluding carboxylic acids is 2. The summed E-state index contributed by atoms with van der Waals surface area (Å²) in [5, 5.41) is 0. The highest BCUT2D eigenvalue weighted by Gasteiger charge is 2.36. The zero-order chi connectivity index (χ0) is 31.6. The fourth-order valence-electron chi connectivity index (χ4n) is 4.52. The van der Waals surface area contributed by atoms with Crippen LogP contribution in [0, 0.1) is 0 Å². The van der Waals surface area contributed by atoms with Gasteiger partial charge in [-0.1, -0.05) is 102 Å². The summed E-state index contributed by atoms with van der Waals surface area (Å²) in [6.45, 7) is 3.50. The molecule has 3 atom stereocenters. The Morgan fingerprint density at radius 2 is 1.35 bits per heavy atom. The van der Waals surface area contributed by atoms with Crippen LogP contribution in [-0.4, -0.2) is 53.3 Å². The van der Waals surface area contributed by atoms with Gasteiger partial charge in [0.2, 0.25) is 0 Å². The maximum absolute atomic E-state index is 12.3. The average Bonchev–Trinajstić information content (AvgIpc) is 3.71. The summed E-state index contributed by atoms with van der Waals surface area (Å²) in [4.78, 5) is 42.5. The van der Waals surface area contributed by atoms with Crippen LogP contribution < -0.4 is 0 Å². The van der Waals surface area contributed by atoms with Gasteiger partial charge in [0.25, 0.3) is 0 Å². The van der Waals surface area contributed by atoms with Gasteiger partial charge >= 0.3 is 19.8 Å². The topological polar surface area (TPSA) is 132 Å². The van der Waals surface area contributed by atoms with Crippen LogP contribution >= 0.6 is 7.82 Å². The van der Waals surface area contributed by atoms with Gasteiger partial charge in [-0.2, -0.15) is 0 Å². The highest BCUT2D eigenvalue weighted by Crippen LogP contribution is 2.36. The van der Waals surface area contributed by atoms with Crippen molar-refractivity contribution in [3.8, 4) is 0 Å². The number of rotatable bonds is 28. The van der Waals surface area contributed by atoms with Gasteiger partial charge in [0.15, 0.2) is 6.10 Å². The molecule has 0 saturated carbocycles. The Bertz CT molecular complexity index is 864. The molecule has 0 amide bonds. The molecule has 1 fully saturated rings. The smallest absolute Gasteiger partial charge is 0.462 e. The number of ether oxygens (including phenoxy) is 3. The van der Waals surface area contributed by atoms with Gasteiger partial charge in [0, 0.05) is 12.8 Å². The first-order chi connectivity index (χ1) is 20.7. The minimum Gasteiger partial charge on any atom is -0.462 e. The second kappa shape index (κ2) is 25.5. The van der Waals surface area contributed by atoms with E-state index in [4.69, 9.17) is 24.0 Å². The molecular weight excluding hydrogens is 571 g/mol. The van der Waals surface area contributed by atoms with Crippen molar-refractivity contribution < 1.29 is 42.7 Å². The standard InChI is InChI=1S/C33H57O9P/c1-3-5-7-9-11-12-13-14-15-17-18-20-23-30-31(42-30)24-22-26-33(35)41-29(28-40-43(36,37)38)27-39-32(34)25-21-19-16-10-8-6-4-2/h11-12,14-15,18,20,29-31H,3-10,13,16-17,19,21-28H2,1-2H3,(H2,36,37,38)/b12-11-,15-14-,20-18-/t29-,30?,31?/m1/s1. The highest BCUT2D eigenvalue weighted by molar-refractivity contribution is 7.46. The molecule has 248 valence electrons. The molecule has 1 aliphatic heterocycles. The van der Waals surface area contributed by atoms with Crippen LogP contribution in [0.5, 0.6) is 0 Å². The predicted molar refractivity (Wildman–Crippen MR) is 169 cm³/mol. The minimum absolute atomic E-state index is 0.118. The molecule has 0 aromatic rings. The molecule has 0 radical (unpaired) electrons. The van der Waals surface area contributed by atoms with Gasteiger partial charge in [0.1, 0.15) is 6.61 Å². The monoisotopic (exact) mass is 628 g/mol. The number of phosphoric ester groups is 1. The average molecular weight is 629 g/mol. The van der Waals surface area contributed by atoms with Gasteiger partial charge in [-0.3, -0.25) is 14.1 Å². The van der Waals surface area contributed by atoms with Crippen LogP contribution in [0.3, 0.4) is 0 Å². The molecule has 1 aliphatic rings. The van der Waals surface area contributed by atoms with Crippen molar-refractivity contribution >= 4 is 19.8 Å². The molecule has 1 rings (SSSR count). The van der Waals surface area contributed by atoms with Crippen molar-refractivity contribution in [1.82, 2.24) is 0 Å². The van der Waals surface area contributed by atoms with Crippen LogP contribution in [0.15, 0.2) is 36.5 Å². The maximum atomic E-state index is 12.3. The molecule has 10 heteroatoms. The molecule has 0 spiro atoms. The van der Waals surface area contributed by atoms with E-state index in [0.717, 1.165) is 51.4 Å². The number of epoxide rings is 1. The van der Waals surface area contributed by atoms with E-state index < -0.39 is 32.5 Å². The SMILES string of the molecule is CCCCC/C=C\C/C=C\C/C=C\CC1OC1CCCC(=O)O[C@H](COC(=O)CCCCCCCCC)COP(=O)(O)O. The van der Waals surface area contributed by atoms with Gasteiger partial charge in [-0.05, 0) is 51.4 Å². The lowest BCUT2D eigenvalue weighted by molar-refractivity contribution is -0.161. The summed E-state index contributed by atoms with van der Waals surface area (Å²) in [5.41, 5.74) is 0. The van der Waals surface area contributed by atoms with Crippen molar-refractivity contribution in [2.24, 2.45) is 0 Å². The van der Waals surface area contributed by atoms with E-state index in [1.165, 1.54) is 38.5 Å². The van der Waals surface area contributed by atoms with Crippen LogP contribution in [0.1, 0.15) is 129 Å². The number of hydrogen-bond acceptors (Lipinski definition) is 7. The normalized spacial score (nSPS) is 17.7. The first kappa shape index (κ1) is 39.3. The summed E-state index contributed by atoms with van der Waals surface area (Å²) >= 11 is 0. The van der Waals surface area contributed by atoms with Gasteiger partial charge in [0.05, 0.1) is 18.8 Å². The molecular formula is C33H57O9P. The number of hydrogen-bond donors (Lipinski definition) is 2. The van der Waals surface area contributed by atoms with Crippen molar-refractivity contribution in [1.29, 1.82) is 0 Å². The van der Waals surface area contributed by atoms with Crippen molar-refractivity contribution in [3.63, 3.8) is 0 Å². The van der Waals surface area contributed by atoms with Crippen LogP contribution in [0.25, 0.3) is 0 Å². The van der Waals surface area contributed by atoms with Crippen LogP contribution in [0.4, 0.5) is 0 Å². The van der Waals surface area contributed by atoms with E-state index in [9.17, 15) is 14.2 Å². The van der Waals surface area contributed by atoms with Crippen LogP contribution in [-0.2, 0) is 32.9 Å². The number of esters is 2. The molecule has 0 aliphatic carbocycles. The maximum Gasteiger partial charge on any atom is 0.469 e. The third kappa shape index (κ3) is 25.3. The summed E-state index contributed by atoms with van der Waals surface area (Å²) in [6.07, 6.45) is 29.1. The van der Waals surface area contributed by atoms with Gasteiger partial charge in [-0.25, -0.2) is 4.57 Å². The zero-order valence-corrected chi connectivity index (χ0v) is 27.4. The number of unbranched alkanes of at least 4 members (excludes halogenated alkanes) is 9. The quantitative estimate of drug-likeness (QED) is 0.0290. The Hall–Kier alpha value is -1.77. The van der Waals surface area contributed by atoms with Crippen molar-refractivity contribution in [2.45, 2.75) is 148 Å². The number of carbonyl (C=O) groups is 2. The lowest BCUT2D eigenvalue weighted by atomic mass is 10.1. The second-order valence-corrected chi connectivity index (χ2v) is 12.4. The molecule has 2 unspecified atom stereocenters. The number of phosphoric acid groups is 1. The summed E-state index contributed by atoms with van der Waals surface area (Å²) in [6, 6.07) is 0. The fraction of sp³-hybridized carbons (Fsp3) is 0.758. The number of allylic oxidation sites excluding steroid dienone is 5. The largest absolute Gasteiger partial charge is 0.469 e. The lowest BCUT2D eigenvalue weighted by Crippen LogP contribution is -2.29. The van der Waals surface area contributed by atoms with Crippen LogP contribution in [0.2, 0.25) is 0 Å². The molecule has 2 N–H and O–H groups in total. The second-order valence-electron chi connectivity index (χ2n) is 11.2. The minimum atomic E-state index is -4.76. The summed E-state index contributed by atoms with van der Waals surface area (Å²) in [5.74, 6) is -0.972. The van der Waals surface area contributed by atoms with E-state index >= 15 is 0 Å². The molecule has 0 bridgehead atoms. The van der Waals surface area contributed by atoms with E-state index in [0.29, 0.717) is 12.8 Å². The van der Waals surface area contributed by atoms with E-state index in [2.05, 4.69) is 54.8 Å². The molecule has 9 nitrogen and oxygen atoms in total.